The maximum atomic E-state index is 8.80. The van der Waals surface area contributed by atoms with Crippen molar-refractivity contribution in [2.24, 2.45) is 0 Å². The van der Waals surface area contributed by atoms with E-state index in [1.54, 1.807) is 25.4 Å². The fourth-order valence-electron chi connectivity index (χ4n) is 2.00. The summed E-state index contributed by atoms with van der Waals surface area (Å²) in [6.07, 6.45) is 1.64. The summed E-state index contributed by atoms with van der Waals surface area (Å²) in [5.41, 5.74) is 2.30. The highest BCUT2D eigenvalue weighted by Gasteiger charge is 2.07. The second kappa shape index (κ2) is 6.02. The number of oxazole rings is 1. The smallest absolute Gasteiger partial charge is 0.299 e. The number of nitrogens with one attached hydrogen (secondary N) is 1. The number of hydrogen-bond donors (Lipinski definition) is 1. The minimum atomic E-state index is 0.396. The van der Waals surface area contributed by atoms with Crippen molar-refractivity contribution in [3.05, 3.63) is 60.3 Å². The van der Waals surface area contributed by atoms with Crippen molar-refractivity contribution in [2.45, 2.75) is 0 Å². The van der Waals surface area contributed by atoms with Crippen LogP contribution in [0.3, 0.4) is 0 Å². The summed E-state index contributed by atoms with van der Waals surface area (Å²) in [6, 6.07) is 17.1. The van der Waals surface area contributed by atoms with Crippen LogP contribution in [0, 0.1) is 11.3 Å². The molecular weight excluding hydrogens is 278 g/mol. The molecule has 1 heterocycles. The third-order valence-electron chi connectivity index (χ3n) is 3.13. The number of nitrogens with zero attached hydrogens (tertiary/aromatic N) is 2. The fourth-order valence-corrected chi connectivity index (χ4v) is 2.00. The van der Waals surface area contributed by atoms with E-state index in [4.69, 9.17) is 14.4 Å². The van der Waals surface area contributed by atoms with E-state index in [2.05, 4.69) is 16.4 Å². The lowest BCUT2D eigenvalue weighted by Gasteiger charge is -2.04. The van der Waals surface area contributed by atoms with Gasteiger partial charge >= 0.3 is 0 Å². The van der Waals surface area contributed by atoms with Gasteiger partial charge in [0.2, 0.25) is 0 Å². The highest BCUT2D eigenvalue weighted by atomic mass is 16.5. The number of nitriles is 1. The van der Waals surface area contributed by atoms with Crippen LogP contribution in [0.15, 0.2) is 59.1 Å². The Kier molecular flexibility index (Phi) is 3.75. The molecule has 0 fully saturated rings. The van der Waals surface area contributed by atoms with Gasteiger partial charge < -0.3 is 14.5 Å². The molecule has 3 rings (SSSR count). The Morgan fingerprint density at radius 1 is 1.18 bits per heavy atom. The molecule has 0 atom stereocenters. The number of rotatable bonds is 4. The molecule has 0 amide bonds. The summed E-state index contributed by atoms with van der Waals surface area (Å²) in [6.45, 7) is 0. The van der Waals surface area contributed by atoms with E-state index in [0.29, 0.717) is 17.3 Å². The van der Waals surface area contributed by atoms with Crippen LogP contribution in [0.2, 0.25) is 0 Å². The molecule has 0 aliphatic rings. The van der Waals surface area contributed by atoms with Gasteiger partial charge in [0.15, 0.2) is 5.76 Å². The molecule has 0 spiro atoms. The molecule has 22 heavy (non-hydrogen) atoms. The minimum Gasteiger partial charge on any atom is -0.497 e. The van der Waals surface area contributed by atoms with Gasteiger partial charge in [-0.2, -0.15) is 5.26 Å². The van der Waals surface area contributed by atoms with E-state index in [0.717, 1.165) is 17.0 Å². The van der Waals surface area contributed by atoms with Crippen LogP contribution < -0.4 is 10.1 Å². The van der Waals surface area contributed by atoms with Gasteiger partial charge in [-0.15, -0.1) is 0 Å². The summed E-state index contributed by atoms with van der Waals surface area (Å²) in [4.78, 5) is 4.20. The molecule has 3 aromatic rings. The van der Waals surface area contributed by atoms with Crippen LogP contribution in [-0.2, 0) is 0 Å². The van der Waals surface area contributed by atoms with Crippen molar-refractivity contribution in [1.29, 1.82) is 5.26 Å². The van der Waals surface area contributed by atoms with E-state index >= 15 is 0 Å². The summed E-state index contributed by atoms with van der Waals surface area (Å²) in [7, 11) is 1.62. The number of benzene rings is 2. The van der Waals surface area contributed by atoms with Gasteiger partial charge in [-0.25, -0.2) is 4.98 Å². The Hall–Kier alpha value is -3.26. The molecule has 0 radical (unpaired) electrons. The maximum Gasteiger partial charge on any atom is 0.299 e. The minimum absolute atomic E-state index is 0.396. The Bertz CT molecular complexity index is 816. The van der Waals surface area contributed by atoms with E-state index in [-0.39, 0.29) is 0 Å². The monoisotopic (exact) mass is 291 g/mol. The first-order chi connectivity index (χ1) is 10.8. The van der Waals surface area contributed by atoms with Gasteiger partial charge in [0.25, 0.3) is 6.01 Å². The van der Waals surface area contributed by atoms with Gasteiger partial charge in [-0.1, -0.05) is 6.07 Å². The SMILES string of the molecule is COc1cccc(Nc2ncc(-c3ccc(C#N)cc3)o2)c1. The van der Waals surface area contributed by atoms with Crippen LogP contribution in [-0.4, -0.2) is 12.1 Å². The first-order valence-electron chi connectivity index (χ1n) is 6.66. The quantitative estimate of drug-likeness (QED) is 0.787. The normalized spacial score (nSPS) is 10.0. The zero-order chi connectivity index (χ0) is 15.4. The molecule has 0 saturated heterocycles. The first-order valence-corrected chi connectivity index (χ1v) is 6.66. The first kappa shape index (κ1) is 13.7. The molecule has 2 aromatic carbocycles. The predicted octanol–water partition coefficient (Wildman–Crippen LogP) is 3.97. The fraction of sp³-hybridized carbons (Fsp3) is 0.0588. The van der Waals surface area contributed by atoms with Crippen LogP contribution >= 0.6 is 0 Å². The lowest BCUT2D eigenvalue weighted by molar-refractivity contribution is 0.415. The summed E-state index contributed by atoms with van der Waals surface area (Å²) < 4.78 is 10.8. The van der Waals surface area contributed by atoms with Crippen molar-refractivity contribution in [1.82, 2.24) is 4.98 Å². The number of hydrogen-bond acceptors (Lipinski definition) is 5. The van der Waals surface area contributed by atoms with Crippen molar-refractivity contribution in [3.63, 3.8) is 0 Å². The van der Waals surface area contributed by atoms with E-state index in [1.165, 1.54) is 0 Å². The Morgan fingerprint density at radius 2 is 2.00 bits per heavy atom. The standard InChI is InChI=1S/C17H13N3O2/c1-21-15-4-2-3-14(9-15)20-17-19-11-16(22-17)13-7-5-12(10-18)6-8-13/h2-9,11H,1H3,(H,19,20). The second-order valence-corrected chi connectivity index (χ2v) is 4.58. The molecule has 0 unspecified atom stereocenters. The van der Waals surface area contributed by atoms with Crippen LogP contribution in [0.25, 0.3) is 11.3 Å². The maximum absolute atomic E-state index is 8.80. The highest BCUT2D eigenvalue weighted by molar-refractivity contribution is 5.61. The van der Waals surface area contributed by atoms with Crippen molar-refractivity contribution in [3.8, 4) is 23.1 Å². The van der Waals surface area contributed by atoms with E-state index in [1.807, 2.05) is 36.4 Å². The summed E-state index contributed by atoms with van der Waals surface area (Å²) in [5.74, 6) is 1.39. The van der Waals surface area contributed by atoms with Gasteiger partial charge in [-0.05, 0) is 36.4 Å². The molecule has 0 saturated carbocycles. The van der Waals surface area contributed by atoms with Crippen molar-refractivity contribution < 1.29 is 9.15 Å². The Labute approximate surface area is 127 Å². The molecule has 108 valence electrons. The van der Waals surface area contributed by atoms with E-state index < -0.39 is 0 Å². The second-order valence-electron chi connectivity index (χ2n) is 4.58. The zero-order valence-electron chi connectivity index (χ0n) is 11.9. The lowest BCUT2D eigenvalue weighted by atomic mass is 10.1. The average Bonchev–Trinajstić information content (AvgIpc) is 3.03. The third kappa shape index (κ3) is 2.91. The summed E-state index contributed by atoms with van der Waals surface area (Å²) >= 11 is 0. The predicted molar refractivity (Wildman–Crippen MR) is 82.9 cm³/mol. The molecule has 0 bridgehead atoms. The largest absolute Gasteiger partial charge is 0.497 e. The molecule has 5 nitrogen and oxygen atoms in total. The average molecular weight is 291 g/mol. The van der Waals surface area contributed by atoms with Crippen molar-refractivity contribution in [2.75, 3.05) is 12.4 Å². The van der Waals surface area contributed by atoms with Gasteiger partial charge in [0.05, 0.1) is 24.9 Å². The molecule has 1 N–H and O–H groups in total. The lowest BCUT2D eigenvalue weighted by Crippen LogP contribution is -1.90. The highest BCUT2D eigenvalue weighted by Crippen LogP contribution is 2.26. The molecule has 0 aliphatic carbocycles. The van der Waals surface area contributed by atoms with E-state index in [9.17, 15) is 0 Å². The molecule has 1 aromatic heterocycles. The third-order valence-corrected chi connectivity index (χ3v) is 3.13. The number of aromatic nitrogens is 1. The molecular formula is C17H13N3O2. The Morgan fingerprint density at radius 3 is 2.73 bits per heavy atom. The van der Waals surface area contributed by atoms with Crippen LogP contribution in [0.1, 0.15) is 5.56 Å². The van der Waals surface area contributed by atoms with Crippen molar-refractivity contribution >= 4 is 11.7 Å². The molecule has 5 heteroatoms. The van der Waals surface area contributed by atoms with Gasteiger partial charge in [0.1, 0.15) is 5.75 Å². The zero-order valence-corrected chi connectivity index (χ0v) is 11.9. The van der Waals surface area contributed by atoms with Crippen LogP contribution in [0.5, 0.6) is 5.75 Å². The number of methoxy groups -OCH3 is 1. The van der Waals surface area contributed by atoms with Gasteiger partial charge in [-0.3, -0.25) is 0 Å². The van der Waals surface area contributed by atoms with Gasteiger partial charge in [0, 0.05) is 17.3 Å². The number of anilines is 2. The molecule has 0 aliphatic heterocycles. The summed E-state index contributed by atoms with van der Waals surface area (Å²) in [5, 5.41) is 11.9. The van der Waals surface area contributed by atoms with Crippen LogP contribution in [0.4, 0.5) is 11.7 Å². The Balaban J connectivity index is 1.79. The number of ether oxygens (including phenoxy) is 1. The topological polar surface area (TPSA) is 71.1 Å².